The van der Waals surface area contributed by atoms with Crippen LogP contribution in [0.25, 0.3) is 0 Å². The summed E-state index contributed by atoms with van der Waals surface area (Å²) in [5.74, 6) is 1.54. The van der Waals surface area contributed by atoms with Crippen LogP contribution in [0.5, 0.6) is 11.5 Å². The van der Waals surface area contributed by atoms with Crippen LogP contribution >= 0.6 is 0 Å². The molecule has 1 aliphatic heterocycles. The molecule has 3 rings (SSSR count). The second-order valence-electron chi connectivity index (χ2n) is 6.46. The number of nitrogens with one attached hydrogen (secondary N) is 1. The molecule has 2 aromatic carbocycles. The Hall–Kier alpha value is -2.73. The number of amides is 1. The molecule has 0 saturated carbocycles. The Morgan fingerprint density at radius 2 is 1.85 bits per heavy atom. The lowest BCUT2D eigenvalue weighted by atomic mass is 10.3. The second kappa shape index (κ2) is 9.83. The van der Waals surface area contributed by atoms with E-state index in [9.17, 15) is 4.79 Å². The lowest BCUT2D eigenvalue weighted by molar-refractivity contribution is 0.151. The van der Waals surface area contributed by atoms with E-state index in [4.69, 9.17) is 14.2 Å². The average molecular weight is 370 g/mol. The first-order valence-electron chi connectivity index (χ1n) is 9.25. The van der Waals surface area contributed by atoms with Crippen LogP contribution in [0.1, 0.15) is 12.8 Å². The smallest absolute Gasteiger partial charge is 0.411 e. The van der Waals surface area contributed by atoms with Crippen LogP contribution in [-0.2, 0) is 4.74 Å². The number of hydrogen-bond donors (Lipinski definition) is 1. The van der Waals surface area contributed by atoms with Crippen LogP contribution < -0.4 is 14.8 Å². The van der Waals surface area contributed by atoms with E-state index in [-0.39, 0.29) is 6.10 Å². The predicted octanol–water partition coefficient (Wildman–Crippen LogP) is 3.79. The minimum Gasteiger partial charge on any atom is -0.493 e. The van der Waals surface area contributed by atoms with Crippen molar-refractivity contribution in [1.29, 1.82) is 0 Å². The normalized spacial score (nSPS) is 16.7. The lowest BCUT2D eigenvalue weighted by Gasteiger charge is -2.18. The summed E-state index contributed by atoms with van der Waals surface area (Å²) < 4.78 is 16.6. The zero-order valence-corrected chi connectivity index (χ0v) is 15.6. The molecule has 2 aromatic rings. The van der Waals surface area contributed by atoms with Gasteiger partial charge in [-0.15, -0.1) is 0 Å². The van der Waals surface area contributed by atoms with Gasteiger partial charge in [0.1, 0.15) is 6.10 Å². The van der Waals surface area contributed by atoms with Crippen LogP contribution in [0.3, 0.4) is 0 Å². The van der Waals surface area contributed by atoms with E-state index < -0.39 is 6.09 Å². The number of nitrogens with zero attached hydrogens (tertiary/aromatic N) is 1. The third-order valence-corrected chi connectivity index (χ3v) is 4.46. The predicted molar refractivity (Wildman–Crippen MR) is 104 cm³/mol. The number of hydrogen-bond acceptors (Lipinski definition) is 5. The van der Waals surface area contributed by atoms with E-state index >= 15 is 0 Å². The van der Waals surface area contributed by atoms with Crippen molar-refractivity contribution in [2.75, 3.05) is 38.7 Å². The number of para-hydroxylation sites is 3. The van der Waals surface area contributed by atoms with Gasteiger partial charge in [0.15, 0.2) is 11.5 Å². The molecule has 0 bridgehead atoms. The van der Waals surface area contributed by atoms with E-state index in [1.54, 1.807) is 7.11 Å². The summed E-state index contributed by atoms with van der Waals surface area (Å²) in [4.78, 5) is 14.1. The van der Waals surface area contributed by atoms with Gasteiger partial charge in [-0.3, -0.25) is 10.2 Å². The molecule has 144 valence electrons. The first-order chi connectivity index (χ1) is 13.2. The van der Waals surface area contributed by atoms with Crippen molar-refractivity contribution >= 4 is 11.8 Å². The molecule has 1 heterocycles. The first-order valence-corrected chi connectivity index (χ1v) is 9.25. The third-order valence-electron chi connectivity index (χ3n) is 4.46. The number of anilines is 1. The van der Waals surface area contributed by atoms with Crippen molar-refractivity contribution in [2.45, 2.75) is 18.9 Å². The quantitative estimate of drug-likeness (QED) is 0.717. The highest BCUT2D eigenvalue weighted by molar-refractivity contribution is 5.84. The van der Waals surface area contributed by atoms with Gasteiger partial charge in [-0.1, -0.05) is 30.3 Å². The molecule has 1 fully saturated rings. The number of carbonyl (C=O) groups excluding carboxylic acids is 1. The summed E-state index contributed by atoms with van der Waals surface area (Å²) in [7, 11) is 1.65. The zero-order chi connectivity index (χ0) is 18.9. The maximum atomic E-state index is 11.7. The molecule has 1 atom stereocenters. The minimum absolute atomic E-state index is 0.156. The molecule has 6 heteroatoms. The third kappa shape index (κ3) is 5.89. The van der Waals surface area contributed by atoms with Crippen LogP contribution in [0.15, 0.2) is 54.6 Å². The summed E-state index contributed by atoms with van der Waals surface area (Å²) in [6, 6.07) is 17.0. The monoisotopic (exact) mass is 370 g/mol. The van der Waals surface area contributed by atoms with E-state index in [0.717, 1.165) is 49.7 Å². The van der Waals surface area contributed by atoms with Crippen molar-refractivity contribution in [3.8, 4) is 11.5 Å². The van der Waals surface area contributed by atoms with E-state index in [1.165, 1.54) is 0 Å². The molecule has 6 nitrogen and oxygen atoms in total. The number of methoxy groups -OCH3 is 1. The average Bonchev–Trinajstić information content (AvgIpc) is 3.14. The van der Waals surface area contributed by atoms with Gasteiger partial charge in [-0.2, -0.15) is 0 Å². The molecule has 1 unspecified atom stereocenters. The van der Waals surface area contributed by atoms with Gasteiger partial charge in [-0.25, -0.2) is 4.79 Å². The molecule has 0 spiro atoms. The fraction of sp³-hybridized carbons (Fsp3) is 0.381. The Balaban J connectivity index is 1.32. The van der Waals surface area contributed by atoms with Crippen LogP contribution in [0, 0.1) is 0 Å². The summed E-state index contributed by atoms with van der Waals surface area (Å²) >= 11 is 0. The molecule has 0 aliphatic carbocycles. The molecule has 1 saturated heterocycles. The van der Waals surface area contributed by atoms with Crippen molar-refractivity contribution in [1.82, 2.24) is 4.90 Å². The molecule has 1 N–H and O–H groups in total. The minimum atomic E-state index is -0.417. The molecule has 0 aromatic heterocycles. The highest BCUT2D eigenvalue weighted by Crippen LogP contribution is 2.28. The fourth-order valence-electron chi connectivity index (χ4n) is 3.12. The first kappa shape index (κ1) is 19.0. The second-order valence-corrected chi connectivity index (χ2v) is 6.46. The highest BCUT2D eigenvalue weighted by Gasteiger charge is 2.24. The highest BCUT2D eigenvalue weighted by atomic mass is 16.5. The maximum Gasteiger partial charge on any atom is 0.411 e. The molecule has 27 heavy (non-hydrogen) atoms. The molecule has 1 amide bonds. The summed E-state index contributed by atoms with van der Waals surface area (Å²) in [5.41, 5.74) is 0.735. The van der Waals surface area contributed by atoms with Gasteiger partial charge in [0.25, 0.3) is 0 Å². The lowest BCUT2D eigenvalue weighted by Crippen LogP contribution is -2.27. The van der Waals surface area contributed by atoms with Gasteiger partial charge < -0.3 is 14.2 Å². The van der Waals surface area contributed by atoms with Crippen LogP contribution in [0.2, 0.25) is 0 Å². The summed E-state index contributed by atoms with van der Waals surface area (Å²) in [5, 5.41) is 2.71. The van der Waals surface area contributed by atoms with Gasteiger partial charge in [0.05, 0.1) is 13.7 Å². The Kier molecular flexibility index (Phi) is 6.93. The Bertz CT molecular complexity index is 723. The van der Waals surface area contributed by atoms with Gasteiger partial charge in [0.2, 0.25) is 0 Å². The van der Waals surface area contributed by atoms with Crippen molar-refractivity contribution in [3.05, 3.63) is 54.6 Å². The molecular weight excluding hydrogens is 344 g/mol. The molecule has 1 aliphatic rings. The van der Waals surface area contributed by atoms with Crippen molar-refractivity contribution in [2.24, 2.45) is 0 Å². The van der Waals surface area contributed by atoms with Crippen LogP contribution in [-0.4, -0.2) is 50.4 Å². The standard InChI is InChI=1S/C21H26N2O4/c1-25-19-10-5-6-11-20(19)27-18-12-14-23(16-18)13-7-15-26-21(24)22-17-8-3-2-4-9-17/h2-6,8-11,18H,7,12-16H2,1H3,(H,22,24). The number of ether oxygens (including phenoxy) is 3. The topological polar surface area (TPSA) is 60.0 Å². The maximum absolute atomic E-state index is 11.7. The Labute approximate surface area is 160 Å². The largest absolute Gasteiger partial charge is 0.493 e. The SMILES string of the molecule is COc1ccccc1OC1CCN(CCCOC(=O)Nc2ccccc2)C1. The Morgan fingerprint density at radius 3 is 2.63 bits per heavy atom. The number of likely N-dealkylation sites (tertiary alicyclic amines) is 1. The number of carbonyl (C=O) groups is 1. The number of benzene rings is 2. The van der Waals surface area contributed by atoms with E-state index in [1.807, 2.05) is 54.6 Å². The van der Waals surface area contributed by atoms with E-state index in [0.29, 0.717) is 6.61 Å². The zero-order valence-electron chi connectivity index (χ0n) is 15.6. The number of rotatable bonds is 8. The van der Waals surface area contributed by atoms with Crippen LogP contribution in [0.4, 0.5) is 10.5 Å². The van der Waals surface area contributed by atoms with Crippen molar-refractivity contribution in [3.63, 3.8) is 0 Å². The fourth-order valence-corrected chi connectivity index (χ4v) is 3.12. The Morgan fingerprint density at radius 1 is 1.11 bits per heavy atom. The van der Waals surface area contributed by atoms with Crippen molar-refractivity contribution < 1.29 is 19.0 Å². The van der Waals surface area contributed by atoms with Gasteiger partial charge in [-0.05, 0) is 37.1 Å². The van der Waals surface area contributed by atoms with Gasteiger partial charge in [0, 0.05) is 25.3 Å². The summed E-state index contributed by atoms with van der Waals surface area (Å²) in [6.45, 7) is 3.13. The molecule has 0 radical (unpaired) electrons. The molecular formula is C21H26N2O4. The van der Waals surface area contributed by atoms with E-state index in [2.05, 4.69) is 10.2 Å². The summed E-state index contributed by atoms with van der Waals surface area (Å²) in [6.07, 6.45) is 1.51. The van der Waals surface area contributed by atoms with Gasteiger partial charge >= 0.3 is 6.09 Å².